The van der Waals surface area contributed by atoms with E-state index >= 15 is 0 Å². The second kappa shape index (κ2) is 5.51. The van der Waals surface area contributed by atoms with Gasteiger partial charge < -0.3 is 10.4 Å². The summed E-state index contributed by atoms with van der Waals surface area (Å²) >= 11 is 0. The molecule has 1 aromatic rings. The van der Waals surface area contributed by atoms with Crippen molar-refractivity contribution in [1.29, 1.82) is 0 Å². The van der Waals surface area contributed by atoms with Crippen LogP contribution in [0.25, 0.3) is 0 Å². The summed E-state index contributed by atoms with van der Waals surface area (Å²) in [7, 11) is 0. The van der Waals surface area contributed by atoms with Crippen molar-refractivity contribution in [3.63, 3.8) is 0 Å². The Hall–Kier alpha value is -1.35. The zero-order valence-electron chi connectivity index (χ0n) is 9.21. The van der Waals surface area contributed by atoms with Gasteiger partial charge in [0.1, 0.15) is 0 Å². The van der Waals surface area contributed by atoms with E-state index in [1.165, 1.54) is 16.7 Å². The van der Waals surface area contributed by atoms with Crippen LogP contribution in [-0.4, -0.2) is 24.2 Å². The number of rotatable bonds is 5. The molecular formula is C12H17NO2. The molecule has 0 spiro atoms. The molecule has 1 aromatic carbocycles. The van der Waals surface area contributed by atoms with Crippen molar-refractivity contribution in [3.8, 4) is 0 Å². The SMILES string of the molecule is Cc1ccc(CCNCC(=O)O)cc1C. The summed E-state index contributed by atoms with van der Waals surface area (Å²) in [6.07, 6.45) is 0.869. The predicted molar refractivity (Wildman–Crippen MR) is 60.1 cm³/mol. The van der Waals surface area contributed by atoms with Crippen molar-refractivity contribution in [2.45, 2.75) is 20.3 Å². The van der Waals surface area contributed by atoms with Crippen LogP contribution in [0.5, 0.6) is 0 Å². The lowest BCUT2D eigenvalue weighted by Gasteiger charge is -2.05. The molecule has 0 aromatic heterocycles. The first-order valence-corrected chi connectivity index (χ1v) is 5.08. The van der Waals surface area contributed by atoms with Crippen molar-refractivity contribution in [2.75, 3.05) is 13.1 Å². The second-order valence-electron chi connectivity index (χ2n) is 3.74. The highest BCUT2D eigenvalue weighted by Crippen LogP contribution is 2.09. The van der Waals surface area contributed by atoms with Gasteiger partial charge in [-0.15, -0.1) is 0 Å². The molecule has 0 aliphatic carbocycles. The number of carboxylic acid groups (broad SMARTS) is 1. The van der Waals surface area contributed by atoms with Crippen molar-refractivity contribution in [2.24, 2.45) is 0 Å². The van der Waals surface area contributed by atoms with E-state index in [9.17, 15) is 4.79 Å². The van der Waals surface area contributed by atoms with Gasteiger partial charge in [0.15, 0.2) is 0 Å². The zero-order chi connectivity index (χ0) is 11.3. The van der Waals surface area contributed by atoms with Crippen molar-refractivity contribution >= 4 is 5.97 Å². The number of carboxylic acids is 1. The molecule has 2 N–H and O–H groups in total. The summed E-state index contributed by atoms with van der Waals surface area (Å²) < 4.78 is 0. The van der Waals surface area contributed by atoms with Crippen LogP contribution in [0.1, 0.15) is 16.7 Å². The van der Waals surface area contributed by atoms with E-state index < -0.39 is 5.97 Å². The van der Waals surface area contributed by atoms with E-state index in [1.54, 1.807) is 0 Å². The highest BCUT2D eigenvalue weighted by molar-refractivity contribution is 5.68. The van der Waals surface area contributed by atoms with E-state index in [2.05, 4.69) is 37.4 Å². The molecule has 0 fully saturated rings. The van der Waals surface area contributed by atoms with E-state index in [1.807, 2.05) is 0 Å². The average molecular weight is 207 g/mol. The highest BCUT2D eigenvalue weighted by Gasteiger charge is 1.98. The fraction of sp³-hybridized carbons (Fsp3) is 0.417. The van der Waals surface area contributed by atoms with Crippen molar-refractivity contribution in [1.82, 2.24) is 5.32 Å². The standard InChI is InChI=1S/C12H17NO2/c1-9-3-4-11(7-10(9)2)5-6-13-8-12(14)15/h3-4,7,13H,5-6,8H2,1-2H3,(H,14,15). The Labute approximate surface area is 90.1 Å². The van der Waals surface area contributed by atoms with Crippen LogP contribution in [0.2, 0.25) is 0 Å². The summed E-state index contributed by atoms with van der Waals surface area (Å²) in [6.45, 7) is 4.91. The molecule has 0 saturated heterocycles. The second-order valence-corrected chi connectivity index (χ2v) is 3.74. The minimum atomic E-state index is -0.810. The molecule has 0 aliphatic rings. The predicted octanol–water partition coefficient (Wildman–Crippen LogP) is 1.52. The zero-order valence-corrected chi connectivity index (χ0v) is 9.21. The van der Waals surface area contributed by atoms with Crippen LogP contribution in [0, 0.1) is 13.8 Å². The fourth-order valence-corrected chi connectivity index (χ4v) is 1.39. The first kappa shape index (κ1) is 11.7. The third kappa shape index (κ3) is 4.13. The van der Waals surface area contributed by atoms with Gasteiger partial charge in [-0.25, -0.2) is 0 Å². The molecule has 0 saturated carbocycles. The lowest BCUT2D eigenvalue weighted by molar-refractivity contribution is -0.135. The molecule has 0 amide bonds. The van der Waals surface area contributed by atoms with Gasteiger partial charge in [0.2, 0.25) is 0 Å². The van der Waals surface area contributed by atoms with E-state index in [0.29, 0.717) is 6.54 Å². The molecule has 0 radical (unpaired) electrons. The molecule has 0 bridgehead atoms. The maximum Gasteiger partial charge on any atom is 0.317 e. The van der Waals surface area contributed by atoms with Crippen LogP contribution in [0.3, 0.4) is 0 Å². The van der Waals surface area contributed by atoms with Gasteiger partial charge in [-0.2, -0.15) is 0 Å². The first-order valence-electron chi connectivity index (χ1n) is 5.08. The summed E-state index contributed by atoms with van der Waals surface area (Å²) in [5.41, 5.74) is 3.82. The van der Waals surface area contributed by atoms with Crippen LogP contribution < -0.4 is 5.32 Å². The largest absolute Gasteiger partial charge is 0.480 e. The maximum atomic E-state index is 10.2. The van der Waals surface area contributed by atoms with E-state index in [-0.39, 0.29) is 6.54 Å². The Bertz CT molecular complexity index is 347. The van der Waals surface area contributed by atoms with E-state index in [4.69, 9.17) is 5.11 Å². The van der Waals surface area contributed by atoms with Gasteiger partial charge in [0, 0.05) is 0 Å². The summed E-state index contributed by atoms with van der Waals surface area (Å²) in [4.78, 5) is 10.2. The van der Waals surface area contributed by atoms with Crippen LogP contribution >= 0.6 is 0 Å². The smallest absolute Gasteiger partial charge is 0.317 e. The van der Waals surface area contributed by atoms with Gasteiger partial charge in [0.05, 0.1) is 6.54 Å². The Morgan fingerprint density at radius 1 is 1.33 bits per heavy atom. The summed E-state index contributed by atoms with van der Waals surface area (Å²) in [5.74, 6) is -0.810. The molecule has 1 rings (SSSR count). The number of hydrogen-bond acceptors (Lipinski definition) is 2. The first-order chi connectivity index (χ1) is 7.09. The topological polar surface area (TPSA) is 49.3 Å². The van der Waals surface area contributed by atoms with Crippen molar-refractivity contribution < 1.29 is 9.90 Å². The Morgan fingerprint density at radius 3 is 2.67 bits per heavy atom. The summed E-state index contributed by atoms with van der Waals surface area (Å²) in [5, 5.41) is 11.3. The third-order valence-corrected chi connectivity index (χ3v) is 2.44. The number of carbonyl (C=O) groups is 1. The van der Waals surface area contributed by atoms with Crippen LogP contribution in [-0.2, 0) is 11.2 Å². The van der Waals surface area contributed by atoms with Gasteiger partial charge >= 0.3 is 5.97 Å². The van der Waals surface area contributed by atoms with Crippen LogP contribution in [0.4, 0.5) is 0 Å². The third-order valence-electron chi connectivity index (χ3n) is 2.44. The fourth-order valence-electron chi connectivity index (χ4n) is 1.39. The van der Waals surface area contributed by atoms with Gasteiger partial charge in [-0.3, -0.25) is 4.79 Å². The Kier molecular flexibility index (Phi) is 4.31. The molecular weight excluding hydrogens is 190 g/mol. The maximum absolute atomic E-state index is 10.2. The van der Waals surface area contributed by atoms with Gasteiger partial charge in [0.25, 0.3) is 0 Å². The normalized spacial score (nSPS) is 10.3. The number of hydrogen-bond donors (Lipinski definition) is 2. The lowest BCUT2D eigenvalue weighted by Crippen LogP contribution is -2.24. The molecule has 82 valence electrons. The van der Waals surface area contributed by atoms with Gasteiger partial charge in [-0.1, -0.05) is 18.2 Å². The highest BCUT2D eigenvalue weighted by atomic mass is 16.4. The lowest BCUT2D eigenvalue weighted by atomic mass is 10.0. The molecule has 3 nitrogen and oxygen atoms in total. The van der Waals surface area contributed by atoms with E-state index in [0.717, 1.165) is 6.42 Å². The number of aliphatic carboxylic acids is 1. The Balaban J connectivity index is 2.38. The molecule has 0 aliphatic heterocycles. The monoisotopic (exact) mass is 207 g/mol. The van der Waals surface area contributed by atoms with Gasteiger partial charge in [-0.05, 0) is 43.5 Å². The number of benzene rings is 1. The summed E-state index contributed by atoms with van der Waals surface area (Å²) in [6, 6.07) is 6.34. The Morgan fingerprint density at radius 2 is 2.07 bits per heavy atom. The van der Waals surface area contributed by atoms with Crippen molar-refractivity contribution in [3.05, 3.63) is 34.9 Å². The molecule has 3 heteroatoms. The minimum absolute atomic E-state index is 0.0326. The molecule has 15 heavy (non-hydrogen) atoms. The quantitative estimate of drug-likeness (QED) is 0.720. The molecule has 0 unspecified atom stereocenters. The minimum Gasteiger partial charge on any atom is -0.480 e. The average Bonchev–Trinajstić information content (AvgIpc) is 2.18. The number of nitrogens with one attached hydrogen (secondary N) is 1. The molecule has 0 heterocycles. The number of aryl methyl sites for hydroxylation is 2. The van der Waals surface area contributed by atoms with Crippen LogP contribution in [0.15, 0.2) is 18.2 Å². The molecule has 0 atom stereocenters.